The van der Waals surface area contributed by atoms with Crippen molar-refractivity contribution in [3.63, 3.8) is 0 Å². The van der Waals surface area contributed by atoms with Crippen molar-refractivity contribution in [2.75, 3.05) is 20.3 Å². The summed E-state index contributed by atoms with van der Waals surface area (Å²) in [6.07, 6.45) is 6.71. The van der Waals surface area contributed by atoms with Gasteiger partial charge >= 0.3 is 0 Å². The Morgan fingerprint density at radius 3 is 2.53 bits per heavy atom. The number of methoxy groups -OCH3 is 1. The minimum absolute atomic E-state index is 0.0655. The Hall–Kier alpha value is -4.07. The number of aliphatic hydroxyl groups excluding tert-OH is 1. The van der Waals surface area contributed by atoms with Crippen molar-refractivity contribution in [3.8, 4) is 11.5 Å². The molecule has 0 spiro atoms. The van der Waals surface area contributed by atoms with E-state index in [4.69, 9.17) is 9.47 Å². The largest absolute Gasteiger partial charge is 0.507 e. The van der Waals surface area contributed by atoms with Gasteiger partial charge in [-0.15, -0.1) is 0 Å². The lowest BCUT2D eigenvalue weighted by molar-refractivity contribution is -0.139. The molecule has 1 saturated heterocycles. The number of aromatic nitrogens is 2. The molecule has 1 aliphatic heterocycles. The zero-order valence-corrected chi connectivity index (χ0v) is 20.8. The molecule has 1 amide bonds. The summed E-state index contributed by atoms with van der Waals surface area (Å²) in [5.74, 6) is -0.449. The van der Waals surface area contributed by atoms with E-state index in [2.05, 4.69) is 4.98 Å². The Morgan fingerprint density at radius 2 is 1.86 bits per heavy atom. The predicted octanol–water partition coefficient (Wildman–Crippen LogP) is 4.50. The van der Waals surface area contributed by atoms with Crippen molar-refractivity contribution >= 4 is 17.4 Å². The van der Waals surface area contributed by atoms with Gasteiger partial charge in [-0.25, -0.2) is 4.98 Å². The normalized spacial score (nSPS) is 17.0. The number of carbonyl (C=O) groups is 2. The van der Waals surface area contributed by atoms with E-state index in [0.717, 1.165) is 12.0 Å². The van der Waals surface area contributed by atoms with E-state index in [-0.39, 0.29) is 11.3 Å². The van der Waals surface area contributed by atoms with E-state index in [0.29, 0.717) is 48.7 Å². The van der Waals surface area contributed by atoms with Crippen LogP contribution in [0.4, 0.5) is 0 Å². The summed E-state index contributed by atoms with van der Waals surface area (Å²) in [5.41, 5.74) is 2.23. The van der Waals surface area contributed by atoms with E-state index < -0.39 is 17.7 Å². The van der Waals surface area contributed by atoms with Crippen LogP contribution in [0, 0.1) is 6.92 Å². The maximum absolute atomic E-state index is 13.3. The number of ether oxygens (including phenoxy) is 2. The van der Waals surface area contributed by atoms with Crippen LogP contribution in [0.25, 0.3) is 5.76 Å². The lowest BCUT2D eigenvalue weighted by Crippen LogP contribution is -2.31. The minimum Gasteiger partial charge on any atom is -0.507 e. The molecule has 8 heteroatoms. The lowest BCUT2D eigenvalue weighted by Gasteiger charge is -2.26. The van der Waals surface area contributed by atoms with Crippen molar-refractivity contribution in [2.24, 2.45) is 0 Å². The molecular formula is C28H31N3O5. The smallest absolute Gasteiger partial charge is 0.295 e. The monoisotopic (exact) mass is 489 g/mol. The molecule has 8 nitrogen and oxygen atoms in total. The summed E-state index contributed by atoms with van der Waals surface area (Å²) in [6, 6.07) is 11.8. The third kappa shape index (κ3) is 5.12. The molecule has 1 aromatic heterocycles. The van der Waals surface area contributed by atoms with Crippen molar-refractivity contribution < 1.29 is 24.2 Å². The number of carbonyl (C=O) groups excluding carboxylic acids is 2. The third-order valence-electron chi connectivity index (χ3n) is 6.20. The Balaban J connectivity index is 1.75. The first kappa shape index (κ1) is 25.0. The molecule has 0 aliphatic carbocycles. The quantitative estimate of drug-likeness (QED) is 0.256. The molecule has 0 saturated carbocycles. The second-order valence-corrected chi connectivity index (χ2v) is 8.77. The van der Waals surface area contributed by atoms with Gasteiger partial charge in [0, 0.05) is 31.0 Å². The number of Topliss-reactive ketones (excluding diaryl/α,β-unsaturated/α-hetero) is 1. The molecule has 1 N–H and O–H groups in total. The Kier molecular flexibility index (Phi) is 7.73. The topological polar surface area (TPSA) is 93.9 Å². The van der Waals surface area contributed by atoms with Crippen LogP contribution < -0.4 is 9.47 Å². The summed E-state index contributed by atoms with van der Waals surface area (Å²) in [4.78, 5) is 32.0. The first-order valence-electron chi connectivity index (χ1n) is 12.1. The third-order valence-corrected chi connectivity index (χ3v) is 6.20. The Morgan fingerprint density at radius 1 is 1.08 bits per heavy atom. The van der Waals surface area contributed by atoms with E-state index >= 15 is 0 Å². The highest BCUT2D eigenvalue weighted by atomic mass is 16.5. The number of benzene rings is 2. The molecule has 2 heterocycles. The fourth-order valence-corrected chi connectivity index (χ4v) is 4.35. The van der Waals surface area contributed by atoms with Gasteiger partial charge in [0.25, 0.3) is 11.7 Å². The lowest BCUT2D eigenvalue weighted by atomic mass is 9.94. The molecule has 36 heavy (non-hydrogen) atoms. The van der Waals surface area contributed by atoms with E-state index in [1.807, 2.05) is 42.8 Å². The van der Waals surface area contributed by atoms with Crippen LogP contribution in [-0.2, 0) is 16.1 Å². The molecule has 2 aromatic carbocycles. The van der Waals surface area contributed by atoms with E-state index in [9.17, 15) is 14.7 Å². The zero-order chi connectivity index (χ0) is 25.7. The SMILES string of the molecule is CCCOc1ccc([C@H]2/C(=C(\O)c3ccc(C)cc3)C(=O)C(=O)N2CCCn2ccnc2)cc1OC. The van der Waals surface area contributed by atoms with Crippen LogP contribution >= 0.6 is 0 Å². The predicted molar refractivity (Wildman–Crippen MR) is 136 cm³/mol. The van der Waals surface area contributed by atoms with Gasteiger partial charge in [0.15, 0.2) is 11.5 Å². The van der Waals surface area contributed by atoms with Gasteiger partial charge < -0.3 is 24.0 Å². The molecule has 1 atom stereocenters. The average molecular weight is 490 g/mol. The molecule has 3 aromatic rings. The fourth-order valence-electron chi connectivity index (χ4n) is 4.35. The second kappa shape index (κ2) is 11.1. The number of ketones is 1. The van der Waals surface area contributed by atoms with E-state index in [1.54, 1.807) is 43.9 Å². The van der Waals surface area contributed by atoms with E-state index in [1.165, 1.54) is 4.90 Å². The van der Waals surface area contributed by atoms with Crippen LogP contribution in [0.5, 0.6) is 11.5 Å². The first-order chi connectivity index (χ1) is 17.4. The highest BCUT2D eigenvalue weighted by Crippen LogP contribution is 2.42. The number of imidazole rings is 1. The summed E-state index contributed by atoms with van der Waals surface area (Å²) in [7, 11) is 1.55. The first-order valence-corrected chi connectivity index (χ1v) is 12.1. The highest BCUT2D eigenvalue weighted by Gasteiger charge is 2.46. The standard InChI is InChI=1S/C28H31N3O5/c1-4-16-36-22-11-10-21(17-23(22)35-3)25-24(26(32)20-8-6-19(2)7-9-20)27(33)28(34)31(25)14-5-13-30-15-12-29-18-30/h6-12,15,17-18,25,32H,4-5,13-14,16H2,1-3H3/b26-24+/t25-/m0/s1. The number of nitrogens with zero attached hydrogens (tertiary/aromatic N) is 3. The van der Waals surface area contributed by atoms with Crippen LogP contribution in [0.15, 0.2) is 66.8 Å². The fraction of sp³-hybridized carbons (Fsp3) is 0.321. The molecule has 0 bridgehead atoms. The number of aliphatic hydroxyl groups is 1. The van der Waals surface area contributed by atoms with Crippen LogP contribution in [0.1, 0.15) is 42.5 Å². The van der Waals surface area contributed by atoms with Gasteiger partial charge in [0.05, 0.1) is 31.7 Å². The van der Waals surface area contributed by atoms with Gasteiger partial charge in [-0.1, -0.05) is 42.8 Å². The second-order valence-electron chi connectivity index (χ2n) is 8.77. The molecule has 4 rings (SSSR count). The molecule has 0 unspecified atom stereocenters. The number of rotatable bonds is 10. The molecular weight excluding hydrogens is 458 g/mol. The number of amides is 1. The average Bonchev–Trinajstić information content (AvgIpc) is 3.49. The summed E-state index contributed by atoms with van der Waals surface area (Å²) >= 11 is 0. The maximum Gasteiger partial charge on any atom is 0.295 e. The van der Waals surface area contributed by atoms with Crippen molar-refractivity contribution in [3.05, 3.63) is 83.4 Å². The van der Waals surface area contributed by atoms with Crippen LogP contribution in [0.2, 0.25) is 0 Å². The van der Waals surface area contributed by atoms with Crippen molar-refractivity contribution in [1.82, 2.24) is 14.5 Å². The summed E-state index contributed by atoms with van der Waals surface area (Å²) in [5, 5.41) is 11.2. The van der Waals surface area contributed by atoms with Crippen LogP contribution in [-0.4, -0.2) is 51.5 Å². The Labute approximate surface area is 210 Å². The van der Waals surface area contributed by atoms with Crippen molar-refractivity contribution in [1.29, 1.82) is 0 Å². The summed E-state index contributed by atoms with van der Waals surface area (Å²) < 4.78 is 13.3. The van der Waals surface area contributed by atoms with Gasteiger partial charge in [-0.05, 0) is 37.5 Å². The van der Waals surface area contributed by atoms with Crippen LogP contribution in [0.3, 0.4) is 0 Å². The zero-order valence-electron chi connectivity index (χ0n) is 20.8. The number of hydrogen-bond donors (Lipinski definition) is 1. The summed E-state index contributed by atoms with van der Waals surface area (Å²) in [6.45, 7) is 5.46. The number of likely N-dealkylation sites (tertiary alicyclic amines) is 1. The highest BCUT2D eigenvalue weighted by molar-refractivity contribution is 6.46. The Bertz CT molecular complexity index is 1250. The minimum atomic E-state index is -0.761. The van der Waals surface area contributed by atoms with Gasteiger partial charge in [0.1, 0.15) is 5.76 Å². The van der Waals surface area contributed by atoms with Gasteiger partial charge in [0.2, 0.25) is 0 Å². The molecule has 1 fully saturated rings. The molecule has 1 aliphatic rings. The van der Waals surface area contributed by atoms with Gasteiger partial charge in [-0.3, -0.25) is 9.59 Å². The molecule has 0 radical (unpaired) electrons. The van der Waals surface area contributed by atoms with Gasteiger partial charge in [-0.2, -0.15) is 0 Å². The number of aryl methyl sites for hydroxylation is 2. The van der Waals surface area contributed by atoms with Crippen molar-refractivity contribution in [2.45, 2.75) is 39.3 Å². The number of hydrogen-bond acceptors (Lipinski definition) is 6. The molecule has 188 valence electrons. The maximum atomic E-state index is 13.3.